The highest BCUT2D eigenvalue weighted by Gasteiger charge is 2.42. The molecule has 1 saturated carbocycles. The van der Waals surface area contributed by atoms with Gasteiger partial charge in [-0.3, -0.25) is 4.57 Å². The minimum atomic E-state index is -0.224. The van der Waals surface area contributed by atoms with Gasteiger partial charge in [0.25, 0.3) is 0 Å². The van der Waals surface area contributed by atoms with E-state index < -0.39 is 0 Å². The lowest BCUT2D eigenvalue weighted by Crippen LogP contribution is -2.39. The number of rotatable bonds is 6. The molecule has 0 spiro atoms. The molecule has 2 heterocycles. The van der Waals surface area contributed by atoms with Crippen molar-refractivity contribution in [1.82, 2.24) is 25.2 Å². The summed E-state index contributed by atoms with van der Waals surface area (Å²) in [6.45, 7) is 1.06. The molecule has 0 unspecified atom stereocenters. The van der Waals surface area contributed by atoms with E-state index in [2.05, 4.69) is 20.6 Å². The third-order valence-corrected chi connectivity index (χ3v) is 3.95. The molecular formula is C15H19N5O2. The molecule has 7 heteroatoms. The standard InChI is InChI=1S/C15H19N5O2/c21-10-15(3-4-15)9-19-14(22)18-8-12-1-2-13(17-7-12)20-6-5-16-11-20/h1-2,5-7,11,21H,3-4,8-10H2,(H2,18,19,22). The molecule has 0 radical (unpaired) electrons. The van der Waals surface area contributed by atoms with Crippen molar-refractivity contribution >= 4 is 6.03 Å². The van der Waals surface area contributed by atoms with E-state index in [1.807, 2.05) is 22.9 Å². The fourth-order valence-electron chi connectivity index (χ4n) is 2.15. The van der Waals surface area contributed by atoms with Crippen molar-refractivity contribution in [2.24, 2.45) is 5.41 Å². The van der Waals surface area contributed by atoms with Gasteiger partial charge in [-0.25, -0.2) is 14.8 Å². The molecule has 0 aromatic carbocycles. The average Bonchev–Trinajstić information content (AvgIpc) is 3.14. The number of nitrogens with one attached hydrogen (secondary N) is 2. The lowest BCUT2D eigenvalue weighted by molar-refractivity contribution is 0.203. The van der Waals surface area contributed by atoms with Gasteiger partial charge >= 0.3 is 6.03 Å². The van der Waals surface area contributed by atoms with Crippen LogP contribution in [0.1, 0.15) is 18.4 Å². The monoisotopic (exact) mass is 301 g/mol. The van der Waals surface area contributed by atoms with Crippen LogP contribution in [0, 0.1) is 5.41 Å². The molecule has 7 nitrogen and oxygen atoms in total. The largest absolute Gasteiger partial charge is 0.396 e. The Morgan fingerprint density at radius 1 is 1.36 bits per heavy atom. The van der Waals surface area contributed by atoms with Gasteiger partial charge < -0.3 is 15.7 Å². The number of hydrogen-bond acceptors (Lipinski definition) is 4. The molecule has 1 fully saturated rings. The molecule has 0 aliphatic heterocycles. The van der Waals surface area contributed by atoms with Crippen LogP contribution in [0.25, 0.3) is 5.82 Å². The topological polar surface area (TPSA) is 92.1 Å². The zero-order chi connectivity index (χ0) is 15.4. The fourth-order valence-corrected chi connectivity index (χ4v) is 2.15. The predicted octanol–water partition coefficient (Wildman–Crippen LogP) is 0.839. The molecule has 2 aromatic rings. The molecular weight excluding hydrogens is 282 g/mol. The minimum absolute atomic E-state index is 0.0780. The molecule has 116 valence electrons. The van der Waals surface area contributed by atoms with Crippen molar-refractivity contribution in [3.8, 4) is 5.82 Å². The number of carbonyl (C=O) groups is 1. The van der Waals surface area contributed by atoms with Crippen molar-refractivity contribution in [3.05, 3.63) is 42.6 Å². The van der Waals surface area contributed by atoms with Gasteiger partial charge in [0.2, 0.25) is 0 Å². The van der Waals surface area contributed by atoms with Crippen LogP contribution in [0.2, 0.25) is 0 Å². The number of aromatic nitrogens is 3. The maximum absolute atomic E-state index is 11.7. The molecule has 3 rings (SSSR count). The van der Waals surface area contributed by atoms with Crippen LogP contribution in [0.4, 0.5) is 4.79 Å². The van der Waals surface area contributed by atoms with Gasteiger partial charge in [0, 0.05) is 37.1 Å². The lowest BCUT2D eigenvalue weighted by atomic mass is 10.1. The molecule has 0 saturated heterocycles. The Kier molecular flexibility index (Phi) is 4.06. The molecule has 1 aliphatic rings. The summed E-state index contributed by atoms with van der Waals surface area (Å²) >= 11 is 0. The van der Waals surface area contributed by atoms with Crippen LogP contribution in [0.5, 0.6) is 0 Å². The summed E-state index contributed by atoms with van der Waals surface area (Å²) < 4.78 is 1.81. The first-order valence-corrected chi connectivity index (χ1v) is 7.27. The number of amides is 2. The Hall–Kier alpha value is -2.41. The first-order valence-electron chi connectivity index (χ1n) is 7.27. The van der Waals surface area contributed by atoms with Gasteiger partial charge in [-0.05, 0) is 24.5 Å². The van der Waals surface area contributed by atoms with Crippen LogP contribution in [0.3, 0.4) is 0 Å². The number of carbonyl (C=O) groups excluding carboxylic acids is 1. The molecule has 3 N–H and O–H groups in total. The number of imidazole rings is 1. The number of nitrogens with zero attached hydrogens (tertiary/aromatic N) is 3. The molecule has 0 bridgehead atoms. The Bertz CT molecular complexity index is 620. The number of pyridine rings is 1. The maximum Gasteiger partial charge on any atom is 0.315 e. The van der Waals surface area contributed by atoms with Crippen molar-refractivity contribution in [2.75, 3.05) is 13.2 Å². The first-order chi connectivity index (χ1) is 10.7. The van der Waals surface area contributed by atoms with E-state index in [9.17, 15) is 9.90 Å². The van der Waals surface area contributed by atoms with E-state index in [0.29, 0.717) is 13.1 Å². The Morgan fingerprint density at radius 2 is 2.23 bits per heavy atom. The van der Waals surface area contributed by atoms with E-state index in [1.54, 1.807) is 18.7 Å². The van der Waals surface area contributed by atoms with Gasteiger partial charge in [0.1, 0.15) is 12.1 Å². The third-order valence-electron chi connectivity index (χ3n) is 3.95. The van der Waals surface area contributed by atoms with E-state index in [-0.39, 0.29) is 18.1 Å². The zero-order valence-electron chi connectivity index (χ0n) is 12.2. The summed E-state index contributed by atoms with van der Waals surface area (Å²) in [5.41, 5.74) is 0.841. The molecule has 0 atom stereocenters. The van der Waals surface area contributed by atoms with Crippen LogP contribution < -0.4 is 10.6 Å². The highest BCUT2D eigenvalue weighted by atomic mass is 16.3. The van der Waals surface area contributed by atoms with Crippen molar-refractivity contribution < 1.29 is 9.90 Å². The smallest absolute Gasteiger partial charge is 0.315 e. The Balaban J connectivity index is 1.46. The first kappa shape index (κ1) is 14.5. The van der Waals surface area contributed by atoms with Crippen LogP contribution >= 0.6 is 0 Å². The lowest BCUT2D eigenvalue weighted by Gasteiger charge is -2.13. The minimum Gasteiger partial charge on any atom is -0.396 e. The summed E-state index contributed by atoms with van der Waals surface area (Å²) in [7, 11) is 0. The number of hydrogen-bond donors (Lipinski definition) is 3. The highest BCUT2D eigenvalue weighted by molar-refractivity contribution is 5.73. The highest BCUT2D eigenvalue weighted by Crippen LogP contribution is 2.44. The van der Waals surface area contributed by atoms with E-state index in [0.717, 1.165) is 24.2 Å². The summed E-state index contributed by atoms with van der Waals surface area (Å²) in [6, 6.07) is 3.57. The van der Waals surface area contributed by atoms with E-state index in [1.165, 1.54) is 0 Å². The summed E-state index contributed by atoms with van der Waals surface area (Å²) in [4.78, 5) is 20.0. The zero-order valence-corrected chi connectivity index (χ0v) is 12.2. The Labute approximate surface area is 128 Å². The van der Waals surface area contributed by atoms with Crippen LogP contribution in [0.15, 0.2) is 37.1 Å². The number of urea groups is 1. The molecule has 1 aliphatic carbocycles. The Morgan fingerprint density at radius 3 is 2.82 bits per heavy atom. The number of aliphatic hydroxyl groups is 1. The molecule has 2 amide bonds. The number of aliphatic hydroxyl groups excluding tert-OH is 1. The maximum atomic E-state index is 11.7. The third kappa shape index (κ3) is 3.43. The summed E-state index contributed by atoms with van der Waals surface area (Å²) in [6.07, 6.45) is 8.88. The quantitative estimate of drug-likeness (QED) is 0.737. The molecule has 2 aromatic heterocycles. The van der Waals surface area contributed by atoms with Gasteiger partial charge in [0.15, 0.2) is 0 Å². The van der Waals surface area contributed by atoms with Gasteiger partial charge in [-0.2, -0.15) is 0 Å². The van der Waals surface area contributed by atoms with Crippen molar-refractivity contribution in [2.45, 2.75) is 19.4 Å². The van der Waals surface area contributed by atoms with Crippen molar-refractivity contribution in [1.29, 1.82) is 0 Å². The molecule has 22 heavy (non-hydrogen) atoms. The second kappa shape index (κ2) is 6.15. The van der Waals surface area contributed by atoms with E-state index in [4.69, 9.17) is 0 Å². The summed E-state index contributed by atoms with van der Waals surface area (Å²) in [5.74, 6) is 0.782. The summed E-state index contributed by atoms with van der Waals surface area (Å²) in [5, 5.41) is 14.8. The van der Waals surface area contributed by atoms with Crippen LogP contribution in [-0.2, 0) is 6.54 Å². The van der Waals surface area contributed by atoms with Crippen LogP contribution in [-0.4, -0.2) is 38.8 Å². The van der Waals surface area contributed by atoms with Gasteiger partial charge in [0.05, 0.1) is 6.61 Å². The van der Waals surface area contributed by atoms with Gasteiger partial charge in [-0.15, -0.1) is 0 Å². The van der Waals surface area contributed by atoms with E-state index >= 15 is 0 Å². The second-order valence-corrected chi connectivity index (χ2v) is 5.69. The van der Waals surface area contributed by atoms with Gasteiger partial charge in [-0.1, -0.05) is 6.07 Å². The average molecular weight is 301 g/mol. The van der Waals surface area contributed by atoms with Crippen molar-refractivity contribution in [3.63, 3.8) is 0 Å². The second-order valence-electron chi connectivity index (χ2n) is 5.69. The normalized spacial score (nSPS) is 15.3. The predicted molar refractivity (Wildman–Crippen MR) is 80.4 cm³/mol. The fraction of sp³-hybridized carbons (Fsp3) is 0.400. The SMILES string of the molecule is O=C(NCc1ccc(-n2ccnc2)nc1)NCC1(CO)CC1.